The first-order valence-corrected chi connectivity index (χ1v) is 9.40. The van der Waals surface area contributed by atoms with Crippen LogP contribution in [0.15, 0.2) is 35.3 Å². The lowest BCUT2D eigenvalue weighted by atomic mass is 10.0. The Bertz CT molecular complexity index is 1130. The van der Waals surface area contributed by atoms with Crippen molar-refractivity contribution in [3.05, 3.63) is 52.6 Å². The average Bonchev–Trinajstić information content (AvgIpc) is 3.00. The second-order valence-corrected chi connectivity index (χ2v) is 7.11. The molecule has 29 heavy (non-hydrogen) atoms. The van der Waals surface area contributed by atoms with Crippen LogP contribution in [0.25, 0.3) is 5.78 Å². The molecule has 0 bridgehead atoms. The third-order valence-electron chi connectivity index (χ3n) is 5.03. The minimum atomic E-state index is -1.07. The van der Waals surface area contributed by atoms with Crippen LogP contribution >= 0.6 is 0 Å². The number of nitrogens with zero attached hydrogens (tertiary/aromatic N) is 5. The summed E-state index contributed by atoms with van der Waals surface area (Å²) in [5.74, 6) is -1.73. The summed E-state index contributed by atoms with van der Waals surface area (Å²) in [5, 5.41) is 6.56. The SMILES string of the molecule is C[C@H]1CCCCN1c1ccn2c(=O)n(CC(=O)Nc3ccc(F)c(F)c3)nc2n1. The van der Waals surface area contributed by atoms with Crippen LogP contribution in [0, 0.1) is 11.6 Å². The quantitative estimate of drug-likeness (QED) is 0.723. The van der Waals surface area contributed by atoms with Crippen molar-refractivity contribution in [1.82, 2.24) is 19.2 Å². The Labute approximate surface area is 164 Å². The van der Waals surface area contributed by atoms with Gasteiger partial charge in [0.15, 0.2) is 11.6 Å². The first-order chi connectivity index (χ1) is 13.9. The number of aromatic nitrogens is 4. The number of amides is 1. The van der Waals surface area contributed by atoms with Gasteiger partial charge in [-0.15, -0.1) is 5.10 Å². The number of hydrogen-bond donors (Lipinski definition) is 1. The maximum absolute atomic E-state index is 13.3. The third-order valence-corrected chi connectivity index (χ3v) is 5.03. The van der Waals surface area contributed by atoms with Crippen molar-refractivity contribution in [2.45, 2.75) is 38.8 Å². The molecule has 2 aromatic heterocycles. The van der Waals surface area contributed by atoms with Gasteiger partial charge in [-0.25, -0.2) is 22.7 Å². The number of piperidine rings is 1. The van der Waals surface area contributed by atoms with Gasteiger partial charge in [0.25, 0.3) is 5.78 Å². The first-order valence-electron chi connectivity index (χ1n) is 9.40. The van der Waals surface area contributed by atoms with Crippen molar-refractivity contribution in [2.75, 3.05) is 16.8 Å². The minimum absolute atomic E-state index is 0.0882. The number of halogens is 2. The summed E-state index contributed by atoms with van der Waals surface area (Å²) in [6, 6.07) is 5.14. The molecule has 8 nitrogen and oxygen atoms in total. The van der Waals surface area contributed by atoms with E-state index in [0.717, 1.165) is 42.0 Å². The number of fused-ring (bicyclic) bond motifs is 1. The van der Waals surface area contributed by atoms with Gasteiger partial charge in [0, 0.05) is 30.5 Å². The van der Waals surface area contributed by atoms with E-state index in [1.54, 1.807) is 12.3 Å². The van der Waals surface area contributed by atoms with Gasteiger partial charge in [-0.05, 0) is 44.4 Å². The van der Waals surface area contributed by atoms with Crippen LogP contribution in [0.2, 0.25) is 0 Å². The van der Waals surface area contributed by atoms with Gasteiger partial charge >= 0.3 is 5.69 Å². The zero-order chi connectivity index (χ0) is 20.5. The van der Waals surface area contributed by atoms with E-state index in [-0.39, 0.29) is 18.0 Å². The zero-order valence-electron chi connectivity index (χ0n) is 15.8. The molecule has 0 radical (unpaired) electrons. The molecule has 0 aliphatic carbocycles. The number of hydrogen-bond acceptors (Lipinski definition) is 5. The maximum Gasteiger partial charge on any atom is 0.352 e. The number of carbonyl (C=O) groups excluding carboxylic acids is 1. The van der Waals surface area contributed by atoms with Crippen LogP contribution in [0.4, 0.5) is 20.3 Å². The van der Waals surface area contributed by atoms with E-state index in [1.165, 1.54) is 16.9 Å². The van der Waals surface area contributed by atoms with Crippen LogP contribution in [-0.2, 0) is 11.3 Å². The lowest BCUT2D eigenvalue weighted by Crippen LogP contribution is -2.38. The Morgan fingerprint density at radius 2 is 2.07 bits per heavy atom. The van der Waals surface area contributed by atoms with Gasteiger partial charge in [-0.1, -0.05) is 0 Å². The van der Waals surface area contributed by atoms with E-state index in [4.69, 9.17) is 0 Å². The average molecular weight is 402 g/mol. The first kappa shape index (κ1) is 19.0. The molecule has 10 heteroatoms. The fraction of sp³-hybridized carbons (Fsp3) is 0.368. The highest BCUT2D eigenvalue weighted by Crippen LogP contribution is 2.22. The van der Waals surface area contributed by atoms with Crippen molar-refractivity contribution >= 4 is 23.2 Å². The van der Waals surface area contributed by atoms with Crippen molar-refractivity contribution in [3.8, 4) is 0 Å². The molecule has 1 amide bonds. The fourth-order valence-corrected chi connectivity index (χ4v) is 3.51. The highest BCUT2D eigenvalue weighted by atomic mass is 19.2. The van der Waals surface area contributed by atoms with Crippen LogP contribution < -0.4 is 15.9 Å². The molecular weight excluding hydrogens is 382 g/mol. The Hall–Kier alpha value is -3.30. The van der Waals surface area contributed by atoms with Gasteiger partial charge in [0.05, 0.1) is 0 Å². The third kappa shape index (κ3) is 3.82. The van der Waals surface area contributed by atoms with Crippen LogP contribution in [0.3, 0.4) is 0 Å². The summed E-state index contributed by atoms with van der Waals surface area (Å²) in [4.78, 5) is 31.3. The van der Waals surface area contributed by atoms with E-state index in [9.17, 15) is 18.4 Å². The summed E-state index contributed by atoms with van der Waals surface area (Å²) in [6.07, 6.45) is 4.94. The van der Waals surface area contributed by atoms with Gasteiger partial charge in [0.1, 0.15) is 12.4 Å². The summed E-state index contributed by atoms with van der Waals surface area (Å²) < 4.78 is 28.5. The standard InChI is InChI=1S/C19H20F2N6O2/c1-12-4-2-3-8-25(12)16-7-9-26-18(23-16)24-27(19(26)29)11-17(28)22-13-5-6-14(20)15(21)10-13/h5-7,9-10,12H,2-4,8,11H2,1H3,(H,22,28)/t12-/m0/s1. The highest BCUT2D eigenvalue weighted by Gasteiger charge is 2.21. The molecule has 1 atom stereocenters. The van der Waals surface area contributed by atoms with Crippen molar-refractivity contribution < 1.29 is 13.6 Å². The molecule has 0 saturated carbocycles. The van der Waals surface area contributed by atoms with E-state index in [0.29, 0.717) is 6.04 Å². The van der Waals surface area contributed by atoms with E-state index in [2.05, 4.69) is 27.2 Å². The maximum atomic E-state index is 13.3. The zero-order valence-corrected chi connectivity index (χ0v) is 15.8. The largest absolute Gasteiger partial charge is 0.354 e. The molecule has 3 aromatic rings. The lowest BCUT2D eigenvalue weighted by molar-refractivity contribution is -0.117. The van der Waals surface area contributed by atoms with Crippen molar-refractivity contribution in [2.24, 2.45) is 0 Å². The molecule has 1 N–H and O–H groups in total. The van der Waals surface area contributed by atoms with E-state index >= 15 is 0 Å². The Morgan fingerprint density at radius 1 is 1.24 bits per heavy atom. The Kier molecular flexibility index (Phi) is 4.99. The van der Waals surface area contributed by atoms with Crippen LogP contribution in [0.1, 0.15) is 26.2 Å². The molecular formula is C19H20F2N6O2. The monoisotopic (exact) mass is 402 g/mol. The Balaban J connectivity index is 1.54. The molecule has 3 heterocycles. The number of nitrogens with one attached hydrogen (secondary N) is 1. The fourth-order valence-electron chi connectivity index (χ4n) is 3.51. The Morgan fingerprint density at radius 3 is 2.83 bits per heavy atom. The van der Waals surface area contributed by atoms with Crippen molar-refractivity contribution in [1.29, 1.82) is 0 Å². The van der Waals surface area contributed by atoms with Gasteiger partial charge in [-0.2, -0.15) is 4.98 Å². The highest BCUT2D eigenvalue weighted by molar-refractivity contribution is 5.90. The van der Waals surface area contributed by atoms with Gasteiger partial charge in [-0.3, -0.25) is 4.79 Å². The molecule has 152 valence electrons. The molecule has 1 aliphatic heterocycles. The lowest BCUT2D eigenvalue weighted by Gasteiger charge is -2.34. The molecule has 0 unspecified atom stereocenters. The number of carbonyl (C=O) groups is 1. The molecule has 1 aromatic carbocycles. The van der Waals surface area contributed by atoms with E-state index < -0.39 is 23.2 Å². The molecule has 4 rings (SSSR count). The molecule has 1 saturated heterocycles. The molecule has 1 fully saturated rings. The summed E-state index contributed by atoms with van der Waals surface area (Å²) >= 11 is 0. The minimum Gasteiger partial charge on any atom is -0.354 e. The summed E-state index contributed by atoms with van der Waals surface area (Å²) in [5.41, 5.74) is -0.420. The predicted octanol–water partition coefficient (Wildman–Crippen LogP) is 2.19. The normalized spacial score (nSPS) is 16.9. The second kappa shape index (κ2) is 7.61. The number of benzene rings is 1. The van der Waals surface area contributed by atoms with Crippen LogP contribution in [-0.4, -0.2) is 37.7 Å². The van der Waals surface area contributed by atoms with Gasteiger partial charge < -0.3 is 10.2 Å². The molecule has 0 spiro atoms. The smallest absolute Gasteiger partial charge is 0.352 e. The molecule has 1 aliphatic rings. The predicted molar refractivity (Wildman–Crippen MR) is 103 cm³/mol. The van der Waals surface area contributed by atoms with E-state index in [1.807, 2.05) is 0 Å². The van der Waals surface area contributed by atoms with Crippen molar-refractivity contribution in [3.63, 3.8) is 0 Å². The number of anilines is 2. The topological polar surface area (TPSA) is 84.5 Å². The second-order valence-electron chi connectivity index (χ2n) is 7.11. The van der Waals surface area contributed by atoms with Crippen LogP contribution in [0.5, 0.6) is 0 Å². The summed E-state index contributed by atoms with van der Waals surface area (Å²) in [6.45, 7) is 2.65. The number of rotatable bonds is 4. The summed E-state index contributed by atoms with van der Waals surface area (Å²) in [7, 11) is 0. The van der Waals surface area contributed by atoms with Gasteiger partial charge in [0.2, 0.25) is 5.91 Å².